The first kappa shape index (κ1) is 14.2. The molecule has 4 rings (SSSR count). The molecule has 0 spiro atoms. The van der Waals surface area contributed by atoms with Gasteiger partial charge in [0.2, 0.25) is 0 Å². The van der Waals surface area contributed by atoms with Crippen molar-refractivity contribution in [3.8, 4) is 11.1 Å². The third kappa shape index (κ3) is 2.58. The molecular formula is C22H21N. The van der Waals surface area contributed by atoms with Crippen LogP contribution in [0.3, 0.4) is 0 Å². The lowest BCUT2D eigenvalue weighted by Gasteiger charge is -2.30. The number of aryl methyl sites for hydroxylation is 1. The van der Waals surface area contributed by atoms with Crippen molar-refractivity contribution in [1.29, 1.82) is 0 Å². The number of rotatable bonds is 2. The van der Waals surface area contributed by atoms with Gasteiger partial charge in [0.25, 0.3) is 0 Å². The Bertz CT molecular complexity index is 820. The predicted octanol–water partition coefficient (Wildman–Crippen LogP) is 4.90. The molecule has 0 bridgehead atoms. The van der Waals surface area contributed by atoms with Gasteiger partial charge in [-0.1, -0.05) is 72.8 Å². The smallest absolute Gasteiger partial charge is 0.0226 e. The van der Waals surface area contributed by atoms with Crippen LogP contribution in [0.15, 0.2) is 72.8 Å². The molecule has 1 heteroatoms. The summed E-state index contributed by atoms with van der Waals surface area (Å²) in [6.45, 7) is 4.18. The molecule has 114 valence electrons. The van der Waals surface area contributed by atoms with Gasteiger partial charge in [0, 0.05) is 19.0 Å². The van der Waals surface area contributed by atoms with Crippen LogP contribution in [0.5, 0.6) is 0 Å². The van der Waals surface area contributed by atoms with Crippen LogP contribution in [-0.4, -0.2) is 6.54 Å². The van der Waals surface area contributed by atoms with E-state index >= 15 is 0 Å². The van der Waals surface area contributed by atoms with Crippen molar-refractivity contribution in [3.63, 3.8) is 0 Å². The highest BCUT2D eigenvalue weighted by atomic mass is 14.9. The highest BCUT2D eigenvalue weighted by molar-refractivity contribution is 5.71. The van der Waals surface area contributed by atoms with Gasteiger partial charge in [-0.15, -0.1) is 0 Å². The summed E-state index contributed by atoms with van der Waals surface area (Å²) in [6, 6.07) is 26.2. The van der Waals surface area contributed by atoms with Crippen LogP contribution in [0.1, 0.15) is 28.2 Å². The van der Waals surface area contributed by atoms with Gasteiger partial charge in [-0.2, -0.15) is 0 Å². The molecule has 1 nitrogen and oxygen atoms in total. The van der Waals surface area contributed by atoms with Crippen molar-refractivity contribution < 1.29 is 0 Å². The Balaban J connectivity index is 1.92. The van der Waals surface area contributed by atoms with Gasteiger partial charge in [0.05, 0.1) is 0 Å². The molecule has 3 aromatic carbocycles. The lowest BCUT2D eigenvalue weighted by Crippen LogP contribution is -2.29. The predicted molar refractivity (Wildman–Crippen MR) is 96.6 cm³/mol. The van der Waals surface area contributed by atoms with E-state index in [9.17, 15) is 0 Å². The quantitative estimate of drug-likeness (QED) is 0.710. The Hall–Kier alpha value is -2.38. The molecule has 0 saturated heterocycles. The number of benzene rings is 3. The normalized spacial score (nSPS) is 16.8. The molecule has 1 unspecified atom stereocenters. The van der Waals surface area contributed by atoms with E-state index in [1.54, 1.807) is 0 Å². The Kier molecular flexibility index (Phi) is 3.72. The van der Waals surface area contributed by atoms with E-state index in [1.807, 2.05) is 0 Å². The van der Waals surface area contributed by atoms with E-state index in [4.69, 9.17) is 0 Å². The minimum absolute atomic E-state index is 0.413. The average molecular weight is 299 g/mol. The van der Waals surface area contributed by atoms with Crippen LogP contribution < -0.4 is 5.32 Å². The van der Waals surface area contributed by atoms with Crippen molar-refractivity contribution in [3.05, 3.63) is 95.1 Å². The van der Waals surface area contributed by atoms with Gasteiger partial charge < -0.3 is 5.32 Å². The van der Waals surface area contributed by atoms with E-state index in [0.717, 1.165) is 13.1 Å². The topological polar surface area (TPSA) is 12.0 Å². The standard InChI is InChI=1S/C22H21N/c1-16-8-5-6-12-19(16)21-15-23-14-18-11-7-13-20(22(18)21)17-9-3-2-4-10-17/h2-13,21,23H,14-15H2,1H3. The SMILES string of the molecule is Cc1ccccc1C1CNCc2cccc(-c3ccccc3)c21. The maximum Gasteiger partial charge on any atom is 0.0226 e. The number of hydrogen-bond acceptors (Lipinski definition) is 1. The van der Waals surface area contributed by atoms with E-state index in [0.29, 0.717) is 5.92 Å². The summed E-state index contributed by atoms with van der Waals surface area (Å²) in [6.07, 6.45) is 0. The van der Waals surface area contributed by atoms with Crippen LogP contribution in [0, 0.1) is 6.92 Å². The zero-order chi connectivity index (χ0) is 15.6. The fraction of sp³-hybridized carbons (Fsp3) is 0.182. The lowest BCUT2D eigenvalue weighted by atomic mass is 9.79. The first-order chi connectivity index (χ1) is 11.3. The minimum Gasteiger partial charge on any atom is -0.312 e. The van der Waals surface area contributed by atoms with Crippen LogP contribution in [0.25, 0.3) is 11.1 Å². The zero-order valence-electron chi connectivity index (χ0n) is 13.4. The molecule has 3 aromatic rings. The molecule has 1 atom stereocenters. The first-order valence-corrected chi connectivity index (χ1v) is 8.28. The van der Waals surface area contributed by atoms with Crippen molar-refractivity contribution in [1.82, 2.24) is 5.32 Å². The van der Waals surface area contributed by atoms with Crippen molar-refractivity contribution in [2.45, 2.75) is 19.4 Å². The molecule has 0 aliphatic carbocycles. The molecule has 0 fully saturated rings. The molecule has 1 aliphatic heterocycles. The monoisotopic (exact) mass is 299 g/mol. The molecule has 1 N–H and O–H groups in total. The summed E-state index contributed by atoms with van der Waals surface area (Å²) in [5.41, 5.74) is 8.40. The molecule has 23 heavy (non-hydrogen) atoms. The third-order valence-corrected chi connectivity index (χ3v) is 4.86. The van der Waals surface area contributed by atoms with Gasteiger partial charge in [0.15, 0.2) is 0 Å². The molecule has 0 saturated carbocycles. The molecule has 1 heterocycles. The third-order valence-electron chi connectivity index (χ3n) is 4.86. The summed E-state index contributed by atoms with van der Waals surface area (Å²) in [5, 5.41) is 3.60. The minimum atomic E-state index is 0.413. The van der Waals surface area contributed by atoms with Crippen LogP contribution in [0.2, 0.25) is 0 Å². The van der Waals surface area contributed by atoms with Gasteiger partial charge in [-0.3, -0.25) is 0 Å². The number of nitrogens with one attached hydrogen (secondary N) is 1. The second kappa shape index (κ2) is 6.02. The Morgan fingerprint density at radius 2 is 1.61 bits per heavy atom. The lowest BCUT2D eigenvalue weighted by molar-refractivity contribution is 0.591. The second-order valence-electron chi connectivity index (χ2n) is 6.28. The second-order valence-corrected chi connectivity index (χ2v) is 6.28. The van der Waals surface area contributed by atoms with Crippen molar-refractivity contribution in [2.75, 3.05) is 6.54 Å². The molecule has 0 amide bonds. The van der Waals surface area contributed by atoms with Crippen LogP contribution in [0.4, 0.5) is 0 Å². The zero-order valence-corrected chi connectivity index (χ0v) is 13.4. The van der Waals surface area contributed by atoms with Gasteiger partial charge in [-0.05, 0) is 40.3 Å². The Morgan fingerprint density at radius 3 is 2.43 bits per heavy atom. The van der Waals surface area contributed by atoms with Crippen molar-refractivity contribution in [2.24, 2.45) is 0 Å². The fourth-order valence-electron chi connectivity index (χ4n) is 3.74. The summed E-state index contributed by atoms with van der Waals surface area (Å²) in [5.74, 6) is 0.413. The molecule has 0 aromatic heterocycles. The van der Waals surface area contributed by atoms with Crippen LogP contribution in [-0.2, 0) is 6.54 Å². The van der Waals surface area contributed by atoms with E-state index in [1.165, 1.54) is 33.4 Å². The molecule has 1 aliphatic rings. The Labute approximate surface area is 138 Å². The molecular weight excluding hydrogens is 278 g/mol. The average Bonchev–Trinajstić information content (AvgIpc) is 2.62. The highest BCUT2D eigenvalue weighted by Gasteiger charge is 2.25. The van der Waals surface area contributed by atoms with E-state index in [-0.39, 0.29) is 0 Å². The van der Waals surface area contributed by atoms with Gasteiger partial charge in [-0.25, -0.2) is 0 Å². The van der Waals surface area contributed by atoms with Gasteiger partial charge in [0.1, 0.15) is 0 Å². The summed E-state index contributed by atoms with van der Waals surface area (Å²) in [4.78, 5) is 0. The Morgan fingerprint density at radius 1 is 0.826 bits per heavy atom. The maximum atomic E-state index is 3.60. The summed E-state index contributed by atoms with van der Waals surface area (Å²) >= 11 is 0. The largest absolute Gasteiger partial charge is 0.312 e. The molecule has 0 radical (unpaired) electrons. The van der Waals surface area contributed by atoms with Crippen molar-refractivity contribution >= 4 is 0 Å². The number of fused-ring (bicyclic) bond motifs is 1. The first-order valence-electron chi connectivity index (χ1n) is 8.28. The maximum absolute atomic E-state index is 3.60. The summed E-state index contributed by atoms with van der Waals surface area (Å²) < 4.78 is 0. The fourth-order valence-corrected chi connectivity index (χ4v) is 3.74. The van der Waals surface area contributed by atoms with Crippen LogP contribution >= 0.6 is 0 Å². The number of hydrogen-bond donors (Lipinski definition) is 1. The van der Waals surface area contributed by atoms with E-state index < -0.39 is 0 Å². The summed E-state index contributed by atoms with van der Waals surface area (Å²) in [7, 11) is 0. The van der Waals surface area contributed by atoms with Gasteiger partial charge >= 0.3 is 0 Å². The highest BCUT2D eigenvalue weighted by Crippen LogP contribution is 2.38. The van der Waals surface area contributed by atoms with E-state index in [2.05, 4.69) is 85.0 Å².